The second-order valence-electron chi connectivity index (χ2n) is 11.3. The predicted octanol–water partition coefficient (Wildman–Crippen LogP) is 5.37. The van der Waals surface area contributed by atoms with Gasteiger partial charge >= 0.3 is 5.97 Å². The van der Waals surface area contributed by atoms with Gasteiger partial charge in [0.15, 0.2) is 12.4 Å². The van der Waals surface area contributed by atoms with Gasteiger partial charge in [-0.15, -0.1) is 0 Å². The first-order valence-corrected chi connectivity index (χ1v) is 13.5. The number of hydrogen-bond donors (Lipinski definition) is 1. The Morgan fingerprint density at radius 2 is 1.66 bits per heavy atom. The number of carbonyl (C=O) groups excluding carboxylic acids is 1. The third-order valence-corrected chi connectivity index (χ3v) is 8.78. The van der Waals surface area contributed by atoms with Crippen molar-refractivity contribution in [3.63, 3.8) is 0 Å². The van der Waals surface area contributed by atoms with Crippen molar-refractivity contribution in [2.75, 3.05) is 6.61 Å². The summed E-state index contributed by atoms with van der Waals surface area (Å²) < 4.78 is 11.5. The van der Waals surface area contributed by atoms with Gasteiger partial charge in [0.2, 0.25) is 0 Å². The summed E-state index contributed by atoms with van der Waals surface area (Å²) in [5.74, 6) is 4.10. The van der Waals surface area contributed by atoms with E-state index in [1.807, 2.05) is 0 Å². The summed E-state index contributed by atoms with van der Waals surface area (Å²) in [6.45, 7) is 9.89. The Morgan fingerprint density at radius 1 is 1.03 bits per heavy atom. The van der Waals surface area contributed by atoms with Gasteiger partial charge in [0.1, 0.15) is 0 Å². The van der Waals surface area contributed by atoms with Crippen LogP contribution in [0.2, 0.25) is 0 Å². The maximum absolute atomic E-state index is 13.0. The number of aliphatic hydroxyl groups is 1. The molecule has 29 heavy (non-hydrogen) atoms. The van der Waals surface area contributed by atoms with Crippen LogP contribution in [-0.2, 0) is 14.3 Å². The second-order valence-corrected chi connectivity index (χ2v) is 17.1. The van der Waals surface area contributed by atoms with E-state index >= 15 is 0 Å². The molecule has 9 unspecified atom stereocenters. The van der Waals surface area contributed by atoms with Crippen LogP contribution >= 0.6 is 45.2 Å². The van der Waals surface area contributed by atoms with Crippen LogP contribution in [0.25, 0.3) is 0 Å². The molecule has 4 nitrogen and oxygen atoms in total. The number of alkyl halides is 2. The molecule has 1 heterocycles. The first kappa shape index (κ1) is 23.0. The fourth-order valence-corrected chi connectivity index (χ4v) is 8.51. The van der Waals surface area contributed by atoms with Gasteiger partial charge < -0.3 is 14.6 Å². The zero-order valence-corrected chi connectivity index (χ0v) is 22.4. The fourth-order valence-electron chi connectivity index (χ4n) is 7.38. The Labute approximate surface area is 202 Å². The van der Waals surface area contributed by atoms with Crippen molar-refractivity contribution >= 4 is 51.2 Å². The lowest BCUT2D eigenvalue weighted by Crippen LogP contribution is -2.38. The molecule has 0 spiro atoms. The predicted molar refractivity (Wildman–Crippen MR) is 130 cm³/mol. The van der Waals surface area contributed by atoms with Crippen LogP contribution in [0.4, 0.5) is 0 Å². The van der Waals surface area contributed by atoms with Gasteiger partial charge in [0, 0.05) is 13.3 Å². The zero-order valence-electron chi connectivity index (χ0n) is 18.1. The lowest BCUT2D eigenvalue weighted by atomic mass is 9.69. The Kier molecular flexibility index (Phi) is 6.61. The maximum Gasteiger partial charge on any atom is 0.309 e. The third kappa shape index (κ3) is 4.95. The smallest absolute Gasteiger partial charge is 0.309 e. The number of ether oxygens (including phenoxy) is 2. The molecule has 1 saturated heterocycles. The van der Waals surface area contributed by atoms with E-state index in [1.54, 1.807) is 0 Å². The largest absolute Gasteiger partial charge is 0.457 e. The summed E-state index contributed by atoms with van der Waals surface area (Å²) in [5, 5.41) is 9.87. The molecule has 1 aliphatic heterocycles. The fraction of sp³-hybridized carbons (Fsp3) is 0.957. The number of aliphatic hydroxyl groups excluding tert-OH is 1. The second kappa shape index (κ2) is 8.32. The van der Waals surface area contributed by atoms with Gasteiger partial charge in [0.25, 0.3) is 0 Å². The molecule has 3 saturated carbocycles. The molecule has 6 heteroatoms. The quantitative estimate of drug-likeness (QED) is 0.244. The first-order valence-electron chi connectivity index (χ1n) is 11.3. The molecular weight excluding hydrogens is 594 g/mol. The number of halogens is 2. The Bertz CT molecular complexity index is 625. The van der Waals surface area contributed by atoms with Gasteiger partial charge in [-0.05, 0) is 67.6 Å². The highest BCUT2D eigenvalue weighted by Crippen LogP contribution is 2.67. The molecule has 4 aliphatic rings. The monoisotopic (exact) mass is 630 g/mol. The van der Waals surface area contributed by atoms with Crippen LogP contribution in [0.5, 0.6) is 0 Å². The van der Waals surface area contributed by atoms with Crippen molar-refractivity contribution in [1.82, 2.24) is 0 Å². The average molecular weight is 630 g/mol. The summed E-state index contributed by atoms with van der Waals surface area (Å²) >= 11 is 5.22. The van der Waals surface area contributed by atoms with E-state index in [4.69, 9.17) is 9.47 Å². The summed E-state index contributed by atoms with van der Waals surface area (Å²) in [6.07, 6.45) is 5.25. The van der Waals surface area contributed by atoms with E-state index in [9.17, 15) is 9.90 Å². The molecule has 3 aliphatic carbocycles. The van der Waals surface area contributed by atoms with Crippen molar-refractivity contribution in [3.8, 4) is 0 Å². The van der Waals surface area contributed by atoms with Gasteiger partial charge in [-0.2, -0.15) is 0 Å². The number of hydrogen-bond acceptors (Lipinski definition) is 4. The maximum atomic E-state index is 13.0. The van der Waals surface area contributed by atoms with E-state index in [2.05, 4.69) is 72.9 Å². The molecular formula is C23H36I2O4. The van der Waals surface area contributed by atoms with E-state index in [0.29, 0.717) is 37.6 Å². The van der Waals surface area contributed by atoms with Crippen LogP contribution in [0.1, 0.15) is 66.2 Å². The topological polar surface area (TPSA) is 55.8 Å². The van der Waals surface area contributed by atoms with Crippen LogP contribution in [-0.4, -0.2) is 36.9 Å². The molecule has 2 bridgehead atoms. The molecule has 166 valence electrons. The number of rotatable bonds is 6. The van der Waals surface area contributed by atoms with Gasteiger partial charge in [-0.3, -0.25) is 4.79 Å². The molecule has 0 aromatic rings. The SMILES string of the molecule is CC(C)(I)CC1CC(CC(C)(C)I)C2C3CC(CC3C(=O)OC3CCOC3O)C12. The highest BCUT2D eigenvalue weighted by molar-refractivity contribution is 14.1. The number of carbonyl (C=O) groups is 1. The molecule has 4 rings (SSSR count). The molecule has 4 fully saturated rings. The van der Waals surface area contributed by atoms with Crippen LogP contribution in [0.3, 0.4) is 0 Å². The Hall–Kier alpha value is 0.850. The third-order valence-electron chi connectivity index (χ3n) is 7.90. The van der Waals surface area contributed by atoms with Gasteiger partial charge in [0.05, 0.1) is 12.5 Å². The minimum atomic E-state index is -0.945. The molecule has 0 amide bonds. The lowest BCUT2D eigenvalue weighted by Gasteiger charge is -2.37. The minimum absolute atomic E-state index is 0.0280. The van der Waals surface area contributed by atoms with E-state index in [-0.39, 0.29) is 11.9 Å². The van der Waals surface area contributed by atoms with Crippen LogP contribution < -0.4 is 0 Å². The highest BCUT2D eigenvalue weighted by Gasteiger charge is 2.62. The van der Waals surface area contributed by atoms with Crippen LogP contribution in [0, 0.1) is 41.4 Å². The van der Waals surface area contributed by atoms with E-state index in [1.165, 1.54) is 25.7 Å². The number of fused-ring (bicyclic) bond motifs is 5. The van der Waals surface area contributed by atoms with E-state index in [0.717, 1.165) is 24.2 Å². The van der Waals surface area contributed by atoms with Crippen molar-refractivity contribution in [2.45, 2.75) is 85.5 Å². The molecule has 9 atom stereocenters. The molecule has 0 radical (unpaired) electrons. The first-order chi connectivity index (χ1) is 13.4. The lowest BCUT2D eigenvalue weighted by molar-refractivity contribution is -0.173. The van der Waals surface area contributed by atoms with Gasteiger partial charge in [-0.1, -0.05) is 72.9 Å². The molecule has 0 aromatic heterocycles. The standard InChI is InChI=1S/C23H36I2O4/c1-22(2,24)10-13-7-14(11-23(3,4)25)19-15-8-12(18(13)19)9-16(15)20(26)29-17-5-6-28-21(17)27/h12-19,21,27H,5-11H2,1-4H3. The van der Waals surface area contributed by atoms with Crippen molar-refractivity contribution in [2.24, 2.45) is 41.4 Å². The minimum Gasteiger partial charge on any atom is -0.457 e. The van der Waals surface area contributed by atoms with Crippen molar-refractivity contribution in [3.05, 3.63) is 0 Å². The van der Waals surface area contributed by atoms with Crippen molar-refractivity contribution < 1.29 is 19.4 Å². The zero-order chi connectivity index (χ0) is 21.1. The molecule has 1 N–H and O–H groups in total. The normalized spacial score (nSPS) is 44.3. The van der Waals surface area contributed by atoms with Gasteiger partial charge in [-0.25, -0.2) is 0 Å². The average Bonchev–Trinajstić information content (AvgIpc) is 3.29. The highest BCUT2D eigenvalue weighted by atomic mass is 127. The molecule has 0 aromatic carbocycles. The van der Waals surface area contributed by atoms with Crippen molar-refractivity contribution in [1.29, 1.82) is 0 Å². The van der Waals surface area contributed by atoms with Crippen LogP contribution in [0.15, 0.2) is 0 Å². The summed E-state index contributed by atoms with van der Waals surface area (Å²) in [7, 11) is 0. The Morgan fingerprint density at radius 3 is 2.21 bits per heavy atom. The van der Waals surface area contributed by atoms with E-state index < -0.39 is 12.4 Å². The summed E-state index contributed by atoms with van der Waals surface area (Å²) in [4.78, 5) is 13.0. The summed E-state index contributed by atoms with van der Waals surface area (Å²) in [5.41, 5.74) is 0. The summed E-state index contributed by atoms with van der Waals surface area (Å²) in [6, 6.07) is 0. The number of esters is 1. The Balaban J connectivity index is 1.50.